The van der Waals surface area contributed by atoms with Gasteiger partial charge < -0.3 is 5.32 Å². The first-order valence-electron chi connectivity index (χ1n) is 7.68. The molecule has 1 N–H and O–H groups in total. The third-order valence-corrected chi connectivity index (χ3v) is 4.95. The molecule has 1 nitrogen and oxygen atoms in total. The molecule has 1 heteroatoms. The summed E-state index contributed by atoms with van der Waals surface area (Å²) in [4.78, 5) is 0. The molecule has 0 bridgehead atoms. The summed E-state index contributed by atoms with van der Waals surface area (Å²) < 4.78 is 0. The number of benzene rings is 1. The number of nitrogens with one attached hydrogen (secondary N) is 1. The van der Waals surface area contributed by atoms with Gasteiger partial charge in [0.15, 0.2) is 0 Å². The van der Waals surface area contributed by atoms with Crippen molar-refractivity contribution in [1.82, 2.24) is 5.32 Å². The molecule has 1 aromatic carbocycles. The number of hydrogen-bond donors (Lipinski definition) is 1. The lowest BCUT2D eigenvalue weighted by molar-refractivity contribution is 0.264. The molecule has 0 radical (unpaired) electrons. The van der Waals surface area contributed by atoms with Crippen molar-refractivity contribution >= 4 is 0 Å². The highest BCUT2D eigenvalue weighted by Crippen LogP contribution is 2.33. The molecule has 0 aliphatic heterocycles. The zero-order chi connectivity index (χ0) is 12.4. The molecule has 0 spiro atoms. The van der Waals surface area contributed by atoms with E-state index < -0.39 is 0 Å². The standard InChI is InChI=1S/C17H25N/c1-13(14-7-3-2-4-8-14)18-17-12-11-15-9-5-6-10-16(15)17/h5-6,9-10,13-14,17-18H,2-4,7-8,11-12H2,1H3/t13-,17?/m0/s1. The molecule has 2 aliphatic carbocycles. The van der Waals surface area contributed by atoms with Crippen LogP contribution in [0.5, 0.6) is 0 Å². The topological polar surface area (TPSA) is 12.0 Å². The Morgan fingerprint density at radius 3 is 2.67 bits per heavy atom. The van der Waals surface area contributed by atoms with Crippen LogP contribution in [0.3, 0.4) is 0 Å². The van der Waals surface area contributed by atoms with Crippen LogP contribution >= 0.6 is 0 Å². The molecule has 98 valence electrons. The van der Waals surface area contributed by atoms with E-state index in [0.29, 0.717) is 12.1 Å². The van der Waals surface area contributed by atoms with Crippen molar-refractivity contribution in [2.24, 2.45) is 5.92 Å². The molecule has 0 heterocycles. The zero-order valence-corrected chi connectivity index (χ0v) is 11.5. The first-order valence-corrected chi connectivity index (χ1v) is 7.68. The van der Waals surface area contributed by atoms with Gasteiger partial charge in [0.25, 0.3) is 0 Å². The molecule has 0 amide bonds. The van der Waals surface area contributed by atoms with E-state index in [1.54, 1.807) is 11.1 Å². The van der Waals surface area contributed by atoms with Gasteiger partial charge in [0.2, 0.25) is 0 Å². The maximum absolute atomic E-state index is 3.90. The van der Waals surface area contributed by atoms with Gasteiger partial charge in [-0.15, -0.1) is 0 Å². The molecule has 1 aromatic rings. The quantitative estimate of drug-likeness (QED) is 0.837. The van der Waals surface area contributed by atoms with E-state index in [0.717, 1.165) is 5.92 Å². The van der Waals surface area contributed by atoms with E-state index in [1.807, 2.05) is 0 Å². The van der Waals surface area contributed by atoms with Gasteiger partial charge in [0.05, 0.1) is 0 Å². The summed E-state index contributed by atoms with van der Waals surface area (Å²) in [5, 5.41) is 3.90. The molecule has 1 unspecified atom stereocenters. The van der Waals surface area contributed by atoms with E-state index in [-0.39, 0.29) is 0 Å². The van der Waals surface area contributed by atoms with Crippen LogP contribution in [0.1, 0.15) is 62.6 Å². The van der Waals surface area contributed by atoms with E-state index in [2.05, 4.69) is 36.5 Å². The summed E-state index contributed by atoms with van der Waals surface area (Å²) >= 11 is 0. The van der Waals surface area contributed by atoms with Crippen LogP contribution in [0, 0.1) is 5.92 Å². The van der Waals surface area contributed by atoms with Crippen LogP contribution in [0.15, 0.2) is 24.3 Å². The molecule has 0 aromatic heterocycles. The van der Waals surface area contributed by atoms with Crippen LogP contribution in [0.25, 0.3) is 0 Å². The second kappa shape index (κ2) is 5.44. The molecule has 1 fully saturated rings. The summed E-state index contributed by atoms with van der Waals surface area (Å²) in [5.41, 5.74) is 3.12. The van der Waals surface area contributed by atoms with Gasteiger partial charge in [-0.2, -0.15) is 0 Å². The fraction of sp³-hybridized carbons (Fsp3) is 0.647. The Hall–Kier alpha value is -0.820. The van der Waals surface area contributed by atoms with Gasteiger partial charge in [-0.1, -0.05) is 43.5 Å². The minimum absolute atomic E-state index is 0.609. The van der Waals surface area contributed by atoms with Crippen LogP contribution < -0.4 is 5.32 Å². The SMILES string of the molecule is C[C@H](NC1CCc2ccccc21)C1CCCCC1. The summed E-state index contributed by atoms with van der Waals surface area (Å²) in [6.07, 6.45) is 9.75. The number of hydrogen-bond acceptors (Lipinski definition) is 1. The van der Waals surface area contributed by atoms with Crippen LogP contribution in [0.2, 0.25) is 0 Å². The third-order valence-electron chi connectivity index (χ3n) is 4.95. The second-order valence-electron chi connectivity index (χ2n) is 6.14. The van der Waals surface area contributed by atoms with Crippen molar-refractivity contribution in [3.8, 4) is 0 Å². The van der Waals surface area contributed by atoms with Gasteiger partial charge in [0.1, 0.15) is 0 Å². The molecule has 18 heavy (non-hydrogen) atoms. The van der Waals surface area contributed by atoms with Gasteiger partial charge in [-0.3, -0.25) is 0 Å². The van der Waals surface area contributed by atoms with Crippen LogP contribution in [-0.2, 0) is 6.42 Å². The van der Waals surface area contributed by atoms with Crippen molar-refractivity contribution in [1.29, 1.82) is 0 Å². The summed E-state index contributed by atoms with van der Waals surface area (Å²) in [5.74, 6) is 0.909. The predicted octanol–water partition coefficient (Wildman–Crippen LogP) is 4.23. The lowest BCUT2D eigenvalue weighted by Gasteiger charge is -2.31. The Bertz CT molecular complexity index is 392. The summed E-state index contributed by atoms with van der Waals surface area (Å²) in [7, 11) is 0. The van der Waals surface area contributed by atoms with Gasteiger partial charge >= 0.3 is 0 Å². The first-order chi connectivity index (χ1) is 8.84. The average Bonchev–Trinajstić information content (AvgIpc) is 2.83. The van der Waals surface area contributed by atoms with Gasteiger partial charge in [-0.25, -0.2) is 0 Å². The number of rotatable bonds is 3. The maximum Gasteiger partial charge on any atom is 0.0328 e. The van der Waals surface area contributed by atoms with Crippen LogP contribution in [-0.4, -0.2) is 6.04 Å². The summed E-state index contributed by atoms with van der Waals surface area (Å²) in [6, 6.07) is 10.3. The van der Waals surface area contributed by atoms with Crippen molar-refractivity contribution in [3.05, 3.63) is 35.4 Å². The lowest BCUT2D eigenvalue weighted by Crippen LogP contribution is -2.36. The van der Waals surface area contributed by atoms with Crippen molar-refractivity contribution in [2.75, 3.05) is 0 Å². The van der Waals surface area contributed by atoms with E-state index in [4.69, 9.17) is 0 Å². The Kier molecular flexibility index (Phi) is 3.69. The smallest absolute Gasteiger partial charge is 0.0328 e. The first kappa shape index (κ1) is 12.2. The van der Waals surface area contributed by atoms with Crippen LogP contribution in [0.4, 0.5) is 0 Å². The van der Waals surface area contributed by atoms with Gasteiger partial charge in [-0.05, 0) is 49.7 Å². The molecular weight excluding hydrogens is 218 g/mol. The molecule has 2 atom stereocenters. The molecule has 3 rings (SSSR count). The molecular formula is C17H25N. The van der Waals surface area contributed by atoms with E-state index in [9.17, 15) is 0 Å². The Labute approximate surface area is 111 Å². The van der Waals surface area contributed by atoms with Crippen molar-refractivity contribution in [2.45, 2.75) is 64.0 Å². The van der Waals surface area contributed by atoms with Crippen molar-refractivity contribution in [3.63, 3.8) is 0 Å². The van der Waals surface area contributed by atoms with Gasteiger partial charge in [0, 0.05) is 12.1 Å². The predicted molar refractivity (Wildman–Crippen MR) is 76.7 cm³/mol. The van der Waals surface area contributed by atoms with E-state index >= 15 is 0 Å². The second-order valence-corrected chi connectivity index (χ2v) is 6.14. The fourth-order valence-electron chi connectivity index (χ4n) is 3.82. The monoisotopic (exact) mass is 243 g/mol. The lowest BCUT2D eigenvalue weighted by atomic mass is 9.84. The van der Waals surface area contributed by atoms with E-state index in [1.165, 1.54) is 44.9 Å². The average molecular weight is 243 g/mol. The zero-order valence-electron chi connectivity index (χ0n) is 11.5. The molecule has 2 aliphatic rings. The third kappa shape index (κ3) is 2.47. The Balaban J connectivity index is 1.63. The highest BCUT2D eigenvalue weighted by molar-refractivity contribution is 5.34. The number of aryl methyl sites for hydroxylation is 1. The highest BCUT2D eigenvalue weighted by Gasteiger charge is 2.26. The Morgan fingerprint density at radius 1 is 1.06 bits per heavy atom. The maximum atomic E-state index is 3.90. The van der Waals surface area contributed by atoms with Crippen molar-refractivity contribution < 1.29 is 0 Å². The highest BCUT2D eigenvalue weighted by atomic mass is 15.0. The molecule has 0 saturated heterocycles. The Morgan fingerprint density at radius 2 is 1.83 bits per heavy atom. The minimum Gasteiger partial charge on any atom is -0.307 e. The minimum atomic E-state index is 0.609. The fourth-order valence-corrected chi connectivity index (χ4v) is 3.82. The molecule has 1 saturated carbocycles. The normalized spacial score (nSPS) is 25.9. The largest absolute Gasteiger partial charge is 0.307 e. The summed E-state index contributed by atoms with van der Waals surface area (Å²) in [6.45, 7) is 2.40. The number of fused-ring (bicyclic) bond motifs is 1.